The summed E-state index contributed by atoms with van der Waals surface area (Å²) in [4.78, 5) is 19.9. The molecule has 1 unspecified atom stereocenters. The molecule has 0 heterocycles. The van der Waals surface area contributed by atoms with Crippen LogP contribution in [0.25, 0.3) is 0 Å². The summed E-state index contributed by atoms with van der Waals surface area (Å²) in [7, 11) is 0. The Labute approximate surface area is 84.3 Å². The SMILES string of the molecule is O=C(O)C(F)Cc1ccc([N+](=O)[O-])cc1. The third-order valence-electron chi connectivity index (χ3n) is 1.83. The highest BCUT2D eigenvalue weighted by atomic mass is 19.1. The average Bonchev–Trinajstić information content (AvgIpc) is 2.18. The standard InChI is InChI=1S/C9H8FNO4/c10-8(9(12)13)5-6-1-3-7(4-2-6)11(14)15/h1-4,8H,5H2,(H,12,13). The summed E-state index contributed by atoms with van der Waals surface area (Å²) >= 11 is 0. The first-order chi connectivity index (χ1) is 7.00. The lowest BCUT2D eigenvalue weighted by molar-refractivity contribution is -0.384. The van der Waals surface area contributed by atoms with Gasteiger partial charge in [0, 0.05) is 18.6 Å². The third kappa shape index (κ3) is 3.01. The van der Waals surface area contributed by atoms with E-state index in [0.29, 0.717) is 5.56 Å². The number of hydrogen-bond acceptors (Lipinski definition) is 3. The molecule has 1 N–H and O–H groups in total. The molecule has 15 heavy (non-hydrogen) atoms. The largest absolute Gasteiger partial charge is 0.479 e. The van der Waals surface area contributed by atoms with Crippen molar-refractivity contribution in [1.29, 1.82) is 0 Å². The zero-order valence-electron chi connectivity index (χ0n) is 7.59. The van der Waals surface area contributed by atoms with Gasteiger partial charge in [-0.15, -0.1) is 0 Å². The van der Waals surface area contributed by atoms with E-state index in [4.69, 9.17) is 5.11 Å². The van der Waals surface area contributed by atoms with Crippen LogP contribution in [0.2, 0.25) is 0 Å². The number of halogens is 1. The molecule has 0 fully saturated rings. The van der Waals surface area contributed by atoms with Gasteiger partial charge in [-0.25, -0.2) is 9.18 Å². The Kier molecular flexibility index (Phi) is 3.33. The number of carboxylic acids is 1. The normalized spacial score (nSPS) is 12.1. The number of aliphatic carboxylic acids is 1. The highest BCUT2D eigenvalue weighted by Gasteiger charge is 2.16. The van der Waals surface area contributed by atoms with Crippen molar-refractivity contribution in [2.24, 2.45) is 0 Å². The van der Waals surface area contributed by atoms with E-state index in [1.807, 2.05) is 0 Å². The number of carboxylic acid groups (broad SMARTS) is 1. The van der Waals surface area contributed by atoms with Gasteiger partial charge < -0.3 is 5.11 Å². The lowest BCUT2D eigenvalue weighted by Gasteiger charge is -2.02. The first-order valence-electron chi connectivity index (χ1n) is 4.11. The highest BCUT2D eigenvalue weighted by molar-refractivity contribution is 5.72. The van der Waals surface area contributed by atoms with Crippen molar-refractivity contribution in [3.63, 3.8) is 0 Å². The number of nitro groups is 1. The number of alkyl halides is 1. The molecule has 0 saturated carbocycles. The van der Waals surface area contributed by atoms with E-state index in [1.54, 1.807) is 0 Å². The van der Waals surface area contributed by atoms with Gasteiger partial charge in [-0.2, -0.15) is 0 Å². The van der Waals surface area contributed by atoms with E-state index in [9.17, 15) is 19.3 Å². The first kappa shape index (κ1) is 11.1. The van der Waals surface area contributed by atoms with Crippen LogP contribution in [0.3, 0.4) is 0 Å². The van der Waals surface area contributed by atoms with Crippen LogP contribution in [0, 0.1) is 10.1 Å². The zero-order valence-corrected chi connectivity index (χ0v) is 7.59. The molecule has 1 atom stereocenters. The van der Waals surface area contributed by atoms with Crippen molar-refractivity contribution >= 4 is 11.7 Å². The molecule has 0 saturated heterocycles. The molecule has 1 aromatic rings. The number of hydrogen-bond donors (Lipinski definition) is 1. The zero-order chi connectivity index (χ0) is 11.4. The monoisotopic (exact) mass is 213 g/mol. The first-order valence-corrected chi connectivity index (χ1v) is 4.11. The van der Waals surface area contributed by atoms with Crippen LogP contribution in [0.15, 0.2) is 24.3 Å². The molecule has 6 heteroatoms. The molecule has 0 bridgehead atoms. The summed E-state index contributed by atoms with van der Waals surface area (Å²) in [5.74, 6) is -1.53. The lowest BCUT2D eigenvalue weighted by Crippen LogP contribution is -2.17. The van der Waals surface area contributed by atoms with E-state index in [1.165, 1.54) is 24.3 Å². The van der Waals surface area contributed by atoms with Crippen molar-refractivity contribution in [2.75, 3.05) is 0 Å². The van der Waals surface area contributed by atoms with E-state index >= 15 is 0 Å². The van der Waals surface area contributed by atoms with Crippen LogP contribution in [0.1, 0.15) is 5.56 Å². The molecule has 5 nitrogen and oxygen atoms in total. The van der Waals surface area contributed by atoms with Gasteiger partial charge in [0.1, 0.15) is 0 Å². The summed E-state index contributed by atoms with van der Waals surface area (Å²) in [6, 6.07) is 5.11. The van der Waals surface area contributed by atoms with Crippen LogP contribution < -0.4 is 0 Å². The second-order valence-electron chi connectivity index (χ2n) is 2.93. The van der Waals surface area contributed by atoms with E-state index in [2.05, 4.69) is 0 Å². The summed E-state index contributed by atoms with van der Waals surface area (Å²) in [6.07, 6.45) is -2.26. The van der Waals surface area contributed by atoms with Crippen molar-refractivity contribution in [2.45, 2.75) is 12.6 Å². The smallest absolute Gasteiger partial charge is 0.338 e. The second kappa shape index (κ2) is 4.50. The Hall–Kier alpha value is -1.98. The minimum Gasteiger partial charge on any atom is -0.479 e. The molecule has 1 aromatic carbocycles. The predicted octanol–water partition coefficient (Wildman–Crippen LogP) is 1.56. The molecule has 0 radical (unpaired) electrons. The minimum atomic E-state index is -1.98. The summed E-state index contributed by atoms with van der Waals surface area (Å²) in [6.45, 7) is 0. The molecular weight excluding hydrogens is 205 g/mol. The number of nitro benzene ring substituents is 1. The number of non-ortho nitro benzene ring substituents is 1. The molecule has 0 amide bonds. The van der Waals surface area contributed by atoms with Crippen LogP contribution in [0.5, 0.6) is 0 Å². The Morgan fingerprint density at radius 3 is 2.40 bits per heavy atom. The highest BCUT2D eigenvalue weighted by Crippen LogP contribution is 2.13. The summed E-state index contributed by atoms with van der Waals surface area (Å²) in [5, 5.41) is 18.6. The van der Waals surface area contributed by atoms with Gasteiger partial charge in [0.15, 0.2) is 0 Å². The topological polar surface area (TPSA) is 80.4 Å². The van der Waals surface area contributed by atoms with Crippen LogP contribution >= 0.6 is 0 Å². The predicted molar refractivity (Wildman–Crippen MR) is 49.3 cm³/mol. The Bertz CT molecular complexity index is 376. The second-order valence-corrected chi connectivity index (χ2v) is 2.93. The van der Waals surface area contributed by atoms with Gasteiger partial charge in [0.2, 0.25) is 6.17 Å². The maximum absolute atomic E-state index is 12.7. The number of carbonyl (C=O) groups is 1. The number of rotatable bonds is 4. The fraction of sp³-hybridized carbons (Fsp3) is 0.222. The van der Waals surface area contributed by atoms with Gasteiger partial charge in [0.05, 0.1) is 4.92 Å². The summed E-state index contributed by atoms with van der Waals surface area (Å²) < 4.78 is 12.7. The van der Waals surface area contributed by atoms with Crippen LogP contribution in [-0.4, -0.2) is 22.2 Å². The van der Waals surface area contributed by atoms with Gasteiger partial charge in [-0.3, -0.25) is 10.1 Å². The van der Waals surface area contributed by atoms with Crippen molar-refractivity contribution in [3.8, 4) is 0 Å². The van der Waals surface area contributed by atoms with Crippen molar-refractivity contribution in [1.82, 2.24) is 0 Å². The Morgan fingerprint density at radius 2 is 2.00 bits per heavy atom. The maximum Gasteiger partial charge on any atom is 0.338 e. The molecule has 1 rings (SSSR count). The quantitative estimate of drug-likeness (QED) is 0.607. The van der Waals surface area contributed by atoms with E-state index in [0.717, 1.165) is 0 Å². The van der Waals surface area contributed by atoms with E-state index < -0.39 is 17.1 Å². The molecule has 0 aliphatic carbocycles. The van der Waals surface area contributed by atoms with E-state index in [-0.39, 0.29) is 12.1 Å². The van der Waals surface area contributed by atoms with Crippen molar-refractivity contribution < 1.29 is 19.2 Å². The lowest BCUT2D eigenvalue weighted by atomic mass is 10.1. The number of benzene rings is 1. The van der Waals surface area contributed by atoms with Gasteiger partial charge in [-0.1, -0.05) is 12.1 Å². The Morgan fingerprint density at radius 1 is 1.47 bits per heavy atom. The van der Waals surface area contributed by atoms with Gasteiger partial charge in [-0.05, 0) is 5.56 Å². The van der Waals surface area contributed by atoms with Crippen molar-refractivity contribution in [3.05, 3.63) is 39.9 Å². The third-order valence-corrected chi connectivity index (χ3v) is 1.83. The van der Waals surface area contributed by atoms with Crippen LogP contribution in [-0.2, 0) is 11.2 Å². The molecule has 80 valence electrons. The fourth-order valence-electron chi connectivity index (χ4n) is 1.05. The molecule has 0 aromatic heterocycles. The van der Waals surface area contributed by atoms with Crippen LogP contribution in [0.4, 0.5) is 10.1 Å². The molecule has 0 aliphatic rings. The molecular formula is C9H8FNO4. The fourth-order valence-corrected chi connectivity index (χ4v) is 1.05. The average molecular weight is 213 g/mol. The van der Waals surface area contributed by atoms with Gasteiger partial charge >= 0.3 is 5.97 Å². The molecule has 0 spiro atoms. The molecule has 0 aliphatic heterocycles. The summed E-state index contributed by atoms with van der Waals surface area (Å²) in [5.41, 5.74) is 0.306. The number of nitrogens with zero attached hydrogens (tertiary/aromatic N) is 1. The Balaban J connectivity index is 2.72. The maximum atomic E-state index is 12.7. The van der Waals surface area contributed by atoms with Gasteiger partial charge in [0.25, 0.3) is 5.69 Å². The minimum absolute atomic E-state index is 0.107.